The van der Waals surface area contributed by atoms with Crippen molar-refractivity contribution in [2.45, 2.75) is 60.4 Å². The van der Waals surface area contributed by atoms with Crippen molar-refractivity contribution in [3.63, 3.8) is 0 Å². The van der Waals surface area contributed by atoms with Crippen LogP contribution >= 0.6 is 0 Å². The van der Waals surface area contributed by atoms with Gasteiger partial charge in [0.1, 0.15) is 5.75 Å². The van der Waals surface area contributed by atoms with Gasteiger partial charge in [-0.3, -0.25) is 14.8 Å². The van der Waals surface area contributed by atoms with Crippen LogP contribution in [0.3, 0.4) is 0 Å². The molecule has 1 atom stereocenters. The number of hydroxylamine groups is 2. The average molecular weight is 572 g/mol. The van der Waals surface area contributed by atoms with Gasteiger partial charge in [-0.05, 0) is 74.1 Å². The maximum absolute atomic E-state index is 13.6. The Morgan fingerprint density at radius 2 is 1.90 bits per heavy atom. The lowest BCUT2D eigenvalue weighted by Gasteiger charge is -2.39. The Labute approximate surface area is 232 Å². The maximum Gasteiger partial charge on any atom is 0.265 e. The van der Waals surface area contributed by atoms with Gasteiger partial charge >= 0.3 is 0 Å². The van der Waals surface area contributed by atoms with Crippen LogP contribution in [0.1, 0.15) is 60.6 Å². The molecular formula is C27H33N5O7S. The Kier molecular flexibility index (Phi) is 8.08. The zero-order chi connectivity index (χ0) is 28.3. The number of sulfone groups is 1. The molecule has 3 aliphatic rings. The third-order valence-electron chi connectivity index (χ3n) is 7.68. The molecule has 40 heavy (non-hydrogen) atoms. The molecule has 0 spiro atoms. The van der Waals surface area contributed by atoms with E-state index in [9.17, 15) is 23.2 Å². The molecule has 0 aromatic heterocycles. The van der Waals surface area contributed by atoms with E-state index in [1.54, 1.807) is 35.8 Å². The molecule has 214 valence electrons. The minimum absolute atomic E-state index is 0.00885. The maximum atomic E-state index is 13.6. The fourth-order valence-corrected chi connectivity index (χ4v) is 7.16. The van der Waals surface area contributed by atoms with Gasteiger partial charge in [0.15, 0.2) is 20.8 Å². The molecule has 2 amide bonds. The molecule has 5 rings (SSSR count). The number of benzene rings is 2. The lowest BCUT2D eigenvalue weighted by Crippen LogP contribution is -2.58. The highest BCUT2D eigenvalue weighted by Gasteiger charge is 2.54. The molecule has 2 heterocycles. The number of carbonyl (C=O) groups is 2. The van der Waals surface area contributed by atoms with Crippen molar-refractivity contribution in [1.82, 2.24) is 15.9 Å². The van der Waals surface area contributed by atoms with E-state index in [-0.39, 0.29) is 17.7 Å². The second kappa shape index (κ2) is 11.5. The molecule has 2 fully saturated rings. The first kappa shape index (κ1) is 28.0. The zero-order valence-electron chi connectivity index (χ0n) is 21.9. The van der Waals surface area contributed by atoms with Gasteiger partial charge in [-0.1, -0.05) is 12.1 Å². The van der Waals surface area contributed by atoms with Crippen molar-refractivity contribution < 1.29 is 32.8 Å². The number of nitrogens with zero attached hydrogens (tertiary/aromatic N) is 2. The summed E-state index contributed by atoms with van der Waals surface area (Å²) in [6.45, 7) is 1.32. The van der Waals surface area contributed by atoms with E-state index in [2.05, 4.69) is 15.4 Å². The monoisotopic (exact) mass is 571 g/mol. The van der Waals surface area contributed by atoms with E-state index in [0.717, 1.165) is 18.4 Å². The number of ether oxygens (including phenoxy) is 1. The summed E-state index contributed by atoms with van der Waals surface area (Å²) in [5.41, 5.74) is 10.9. The molecular weight excluding hydrogens is 538 g/mol. The van der Waals surface area contributed by atoms with Crippen LogP contribution in [0, 0.1) is 0 Å². The van der Waals surface area contributed by atoms with Gasteiger partial charge in [-0.15, -0.1) is 5.48 Å². The predicted molar refractivity (Wildman–Crippen MR) is 144 cm³/mol. The van der Waals surface area contributed by atoms with Crippen LogP contribution in [0.4, 0.5) is 0 Å². The summed E-state index contributed by atoms with van der Waals surface area (Å²) in [5.74, 6) is -0.425. The molecule has 5 N–H and O–H groups in total. The highest BCUT2D eigenvalue weighted by molar-refractivity contribution is 7.93. The standard InChI is InChI=1S/C27H33N5O7S/c28-24(33)18-3-1-4-19(17-18)25-29-23(39-31-25)5-2-16-38-21-8-10-22(11-9-21)40(36,37)27(26(34)30-35)12-14-32(15-13-27)20-6-7-20/h1,3-4,8-11,17,20,25,31,35H,2,5-7,12-16H2,(H2,28,33)(H,30,34). The number of primary amides is 1. The van der Waals surface area contributed by atoms with Gasteiger partial charge in [0.05, 0.1) is 11.5 Å². The molecule has 1 saturated carbocycles. The SMILES string of the molecule is NC(=O)c1cccc(C2N=C(CCCOc3ccc(S(=O)(=O)C4(C(=O)NO)CCN(C5CC5)CC4)cc3)ON2)c1. The molecule has 2 aliphatic heterocycles. The molecule has 1 unspecified atom stereocenters. The number of aliphatic imine (C=N–C) groups is 1. The number of nitrogens with two attached hydrogens (primary N) is 1. The molecule has 0 radical (unpaired) electrons. The lowest BCUT2D eigenvalue weighted by molar-refractivity contribution is -0.133. The van der Waals surface area contributed by atoms with Crippen LogP contribution < -0.4 is 21.4 Å². The average Bonchev–Trinajstić information content (AvgIpc) is 3.72. The first-order valence-electron chi connectivity index (χ1n) is 13.3. The van der Waals surface area contributed by atoms with E-state index in [4.69, 9.17) is 15.3 Å². The second-order valence-electron chi connectivity index (χ2n) is 10.3. The first-order chi connectivity index (χ1) is 19.2. The van der Waals surface area contributed by atoms with E-state index in [0.29, 0.717) is 55.8 Å². The molecule has 2 aromatic carbocycles. The Bertz CT molecular complexity index is 1380. The van der Waals surface area contributed by atoms with Crippen LogP contribution in [0.5, 0.6) is 5.75 Å². The normalized spacial score (nSPS) is 20.8. The summed E-state index contributed by atoms with van der Waals surface area (Å²) in [7, 11) is -4.07. The lowest BCUT2D eigenvalue weighted by atomic mass is 9.94. The number of hydrogen-bond donors (Lipinski definition) is 4. The van der Waals surface area contributed by atoms with Crippen molar-refractivity contribution in [1.29, 1.82) is 0 Å². The molecule has 2 aromatic rings. The van der Waals surface area contributed by atoms with Gasteiger partial charge in [0.2, 0.25) is 11.8 Å². The van der Waals surface area contributed by atoms with Crippen molar-refractivity contribution in [3.8, 4) is 5.75 Å². The molecule has 1 aliphatic carbocycles. The highest BCUT2D eigenvalue weighted by atomic mass is 32.2. The Morgan fingerprint density at radius 3 is 2.55 bits per heavy atom. The molecule has 0 bridgehead atoms. The van der Waals surface area contributed by atoms with Gasteiger partial charge in [-0.2, -0.15) is 0 Å². The first-order valence-corrected chi connectivity index (χ1v) is 14.8. The van der Waals surface area contributed by atoms with Gasteiger partial charge in [0, 0.05) is 31.1 Å². The van der Waals surface area contributed by atoms with Crippen molar-refractivity contribution >= 4 is 27.5 Å². The number of amides is 2. The number of rotatable bonds is 11. The fraction of sp³-hybridized carbons (Fsp3) is 0.444. The number of likely N-dealkylation sites (tertiary alicyclic amines) is 1. The molecule has 1 saturated heterocycles. The summed E-state index contributed by atoms with van der Waals surface area (Å²) < 4.78 is 31.3. The summed E-state index contributed by atoms with van der Waals surface area (Å²) in [5, 5.41) is 9.36. The summed E-state index contributed by atoms with van der Waals surface area (Å²) in [6, 6.07) is 13.3. The zero-order valence-corrected chi connectivity index (χ0v) is 22.7. The van der Waals surface area contributed by atoms with Gasteiger partial charge in [0.25, 0.3) is 5.91 Å². The van der Waals surface area contributed by atoms with E-state index in [1.165, 1.54) is 12.1 Å². The van der Waals surface area contributed by atoms with Crippen LogP contribution in [-0.4, -0.2) is 66.7 Å². The Balaban J connectivity index is 1.15. The minimum Gasteiger partial charge on any atom is -0.494 e. The number of nitrogens with one attached hydrogen (secondary N) is 2. The number of hydrogen-bond acceptors (Lipinski definition) is 10. The summed E-state index contributed by atoms with van der Waals surface area (Å²) in [4.78, 5) is 36.2. The largest absolute Gasteiger partial charge is 0.494 e. The predicted octanol–water partition coefficient (Wildman–Crippen LogP) is 1.85. The van der Waals surface area contributed by atoms with E-state index >= 15 is 0 Å². The van der Waals surface area contributed by atoms with E-state index in [1.807, 2.05) is 6.07 Å². The summed E-state index contributed by atoms with van der Waals surface area (Å²) >= 11 is 0. The van der Waals surface area contributed by atoms with Gasteiger partial charge in [-0.25, -0.2) is 18.9 Å². The molecule has 12 nitrogen and oxygen atoms in total. The smallest absolute Gasteiger partial charge is 0.265 e. The number of carbonyl (C=O) groups excluding carboxylic acids is 2. The number of piperidine rings is 1. The van der Waals surface area contributed by atoms with Crippen LogP contribution in [0.25, 0.3) is 0 Å². The Morgan fingerprint density at radius 1 is 1.18 bits per heavy atom. The van der Waals surface area contributed by atoms with Gasteiger partial charge < -0.3 is 20.2 Å². The quantitative estimate of drug-likeness (QED) is 0.178. The Hall–Kier alpha value is -3.52. The van der Waals surface area contributed by atoms with Crippen molar-refractivity contribution in [3.05, 3.63) is 59.7 Å². The third kappa shape index (κ3) is 5.68. The van der Waals surface area contributed by atoms with Crippen molar-refractivity contribution in [2.24, 2.45) is 10.7 Å². The molecule has 13 heteroatoms. The fourth-order valence-electron chi connectivity index (χ4n) is 5.20. The van der Waals surface area contributed by atoms with Crippen LogP contribution in [-0.2, 0) is 19.5 Å². The van der Waals surface area contributed by atoms with Crippen LogP contribution in [0.2, 0.25) is 0 Å². The topological polar surface area (TPSA) is 173 Å². The van der Waals surface area contributed by atoms with Crippen molar-refractivity contribution in [2.75, 3.05) is 19.7 Å². The van der Waals surface area contributed by atoms with E-state index < -0.39 is 32.6 Å². The second-order valence-corrected chi connectivity index (χ2v) is 12.5. The third-order valence-corrected chi connectivity index (χ3v) is 10.2. The highest BCUT2D eigenvalue weighted by Crippen LogP contribution is 2.39. The van der Waals surface area contributed by atoms with Crippen LogP contribution in [0.15, 0.2) is 58.4 Å². The summed E-state index contributed by atoms with van der Waals surface area (Å²) in [6.07, 6.45) is 3.08. The minimum atomic E-state index is -4.07.